The van der Waals surface area contributed by atoms with Crippen LogP contribution in [0.5, 0.6) is 0 Å². The summed E-state index contributed by atoms with van der Waals surface area (Å²) in [6, 6.07) is 6.78. The number of aliphatic carboxylic acids is 1. The highest BCUT2D eigenvalue weighted by Gasteiger charge is 2.09. The average Bonchev–Trinajstić information content (AvgIpc) is 2.29. The van der Waals surface area contributed by atoms with E-state index in [0.29, 0.717) is 18.7 Å². The molecule has 0 bridgehead atoms. The molecule has 0 saturated heterocycles. The number of carbonyl (C=O) groups excluding carboxylic acids is 1. The van der Waals surface area contributed by atoms with Crippen molar-refractivity contribution in [2.45, 2.75) is 6.54 Å². The lowest BCUT2D eigenvalue weighted by molar-refractivity contribution is -0.138. The van der Waals surface area contributed by atoms with Gasteiger partial charge in [0.15, 0.2) is 0 Å². The first kappa shape index (κ1) is 13.9. The quantitative estimate of drug-likeness (QED) is 0.701. The third kappa shape index (κ3) is 4.39. The Balaban J connectivity index is 2.71. The van der Waals surface area contributed by atoms with Crippen molar-refractivity contribution in [3.05, 3.63) is 48.0 Å². The molecule has 0 unspecified atom stereocenters. The Hall–Kier alpha value is -2.14. The summed E-state index contributed by atoms with van der Waals surface area (Å²) in [4.78, 5) is 23.3. The predicted octanol–water partition coefficient (Wildman–Crippen LogP) is 0.858. The molecule has 18 heavy (non-hydrogen) atoms. The van der Waals surface area contributed by atoms with Gasteiger partial charge in [-0.05, 0) is 17.7 Å². The van der Waals surface area contributed by atoms with Crippen LogP contribution in [0.4, 0.5) is 0 Å². The Kier molecular flexibility index (Phi) is 5.07. The third-order valence-corrected chi connectivity index (χ3v) is 2.39. The molecule has 1 amide bonds. The largest absolute Gasteiger partial charge is 0.480 e. The van der Waals surface area contributed by atoms with Crippen LogP contribution in [0.15, 0.2) is 36.9 Å². The summed E-state index contributed by atoms with van der Waals surface area (Å²) in [5, 5.41) is 8.77. The molecule has 5 heteroatoms. The van der Waals surface area contributed by atoms with E-state index in [1.54, 1.807) is 35.2 Å². The van der Waals surface area contributed by atoms with Gasteiger partial charge in [-0.2, -0.15) is 0 Å². The fourth-order valence-electron chi connectivity index (χ4n) is 1.59. The van der Waals surface area contributed by atoms with Crippen molar-refractivity contribution >= 4 is 11.9 Å². The number of carboxylic acids is 1. The van der Waals surface area contributed by atoms with Crippen LogP contribution in [0.2, 0.25) is 0 Å². The normalized spacial score (nSPS) is 10.3. The van der Waals surface area contributed by atoms with Crippen molar-refractivity contribution < 1.29 is 14.7 Å². The van der Waals surface area contributed by atoms with Gasteiger partial charge in [0.2, 0.25) is 5.91 Å². The van der Waals surface area contributed by atoms with Crippen molar-refractivity contribution in [1.82, 2.24) is 4.90 Å². The molecule has 5 nitrogen and oxygen atoms in total. The van der Waals surface area contributed by atoms with E-state index in [0.717, 1.165) is 5.56 Å². The molecular formula is C13H16N2O3. The van der Waals surface area contributed by atoms with Crippen LogP contribution in [0, 0.1) is 0 Å². The number of primary amides is 1. The van der Waals surface area contributed by atoms with Crippen molar-refractivity contribution in [2.24, 2.45) is 5.73 Å². The lowest BCUT2D eigenvalue weighted by Gasteiger charge is -2.18. The van der Waals surface area contributed by atoms with Gasteiger partial charge in [-0.3, -0.25) is 14.5 Å². The maximum Gasteiger partial charge on any atom is 0.317 e. The predicted molar refractivity (Wildman–Crippen MR) is 68.1 cm³/mol. The fourth-order valence-corrected chi connectivity index (χ4v) is 1.59. The molecule has 0 radical (unpaired) electrons. The maximum atomic E-state index is 10.9. The number of carboxylic acid groups (broad SMARTS) is 1. The maximum absolute atomic E-state index is 10.9. The second kappa shape index (κ2) is 6.56. The number of amides is 1. The van der Waals surface area contributed by atoms with Crippen LogP contribution in [0.1, 0.15) is 15.9 Å². The minimum atomic E-state index is -0.884. The molecule has 0 fully saturated rings. The Morgan fingerprint density at radius 3 is 2.39 bits per heavy atom. The van der Waals surface area contributed by atoms with Gasteiger partial charge in [-0.25, -0.2) is 0 Å². The van der Waals surface area contributed by atoms with E-state index in [9.17, 15) is 9.59 Å². The van der Waals surface area contributed by atoms with Crippen molar-refractivity contribution in [3.63, 3.8) is 0 Å². The van der Waals surface area contributed by atoms with Crippen LogP contribution in [-0.4, -0.2) is 35.0 Å². The molecule has 96 valence electrons. The smallest absolute Gasteiger partial charge is 0.317 e. The van der Waals surface area contributed by atoms with E-state index < -0.39 is 11.9 Å². The number of hydrogen-bond acceptors (Lipinski definition) is 3. The van der Waals surface area contributed by atoms with Gasteiger partial charge in [0.25, 0.3) is 0 Å². The van der Waals surface area contributed by atoms with Gasteiger partial charge in [-0.15, -0.1) is 6.58 Å². The number of hydrogen-bond donors (Lipinski definition) is 2. The molecule has 3 N–H and O–H groups in total. The number of rotatable bonds is 7. The van der Waals surface area contributed by atoms with Crippen molar-refractivity contribution in [2.75, 3.05) is 13.1 Å². The lowest BCUT2D eigenvalue weighted by atomic mass is 10.1. The molecule has 0 atom stereocenters. The highest BCUT2D eigenvalue weighted by molar-refractivity contribution is 5.92. The topological polar surface area (TPSA) is 83.6 Å². The monoisotopic (exact) mass is 248 g/mol. The Morgan fingerprint density at radius 1 is 1.33 bits per heavy atom. The first-order chi connectivity index (χ1) is 8.52. The fraction of sp³-hybridized carbons (Fsp3) is 0.231. The van der Waals surface area contributed by atoms with Gasteiger partial charge >= 0.3 is 5.97 Å². The Morgan fingerprint density at radius 2 is 1.94 bits per heavy atom. The summed E-state index contributed by atoms with van der Waals surface area (Å²) in [7, 11) is 0. The zero-order valence-electron chi connectivity index (χ0n) is 10.0. The molecule has 0 saturated carbocycles. The number of nitrogens with zero attached hydrogens (tertiary/aromatic N) is 1. The molecule has 0 heterocycles. The van der Waals surface area contributed by atoms with E-state index >= 15 is 0 Å². The molecule has 0 aromatic heterocycles. The Bertz CT molecular complexity index is 440. The minimum absolute atomic E-state index is 0.0520. The second-order valence-corrected chi connectivity index (χ2v) is 3.91. The molecular weight excluding hydrogens is 232 g/mol. The number of benzene rings is 1. The molecule has 1 aromatic rings. The van der Waals surface area contributed by atoms with E-state index in [-0.39, 0.29) is 6.54 Å². The standard InChI is InChI=1S/C13H16N2O3/c1-2-7-15(9-12(16)17)8-10-3-5-11(6-4-10)13(14)18/h2-6H,1,7-9H2,(H2,14,18)(H,16,17). The van der Waals surface area contributed by atoms with E-state index in [1.165, 1.54) is 0 Å². The molecule has 0 spiro atoms. The van der Waals surface area contributed by atoms with Crippen LogP contribution in [-0.2, 0) is 11.3 Å². The van der Waals surface area contributed by atoms with E-state index in [4.69, 9.17) is 10.8 Å². The summed E-state index contributed by atoms with van der Waals surface area (Å²) in [5.41, 5.74) is 6.50. The average molecular weight is 248 g/mol. The highest BCUT2D eigenvalue weighted by atomic mass is 16.4. The van der Waals surface area contributed by atoms with Crippen LogP contribution in [0.3, 0.4) is 0 Å². The van der Waals surface area contributed by atoms with Gasteiger partial charge < -0.3 is 10.8 Å². The number of nitrogens with two attached hydrogens (primary N) is 1. The second-order valence-electron chi connectivity index (χ2n) is 3.91. The van der Waals surface area contributed by atoms with Gasteiger partial charge in [-0.1, -0.05) is 18.2 Å². The Labute approximate surface area is 106 Å². The summed E-state index contributed by atoms with van der Waals surface area (Å²) >= 11 is 0. The lowest BCUT2D eigenvalue weighted by Crippen LogP contribution is -2.29. The van der Waals surface area contributed by atoms with E-state index in [1.807, 2.05) is 0 Å². The van der Waals surface area contributed by atoms with Crippen LogP contribution >= 0.6 is 0 Å². The zero-order chi connectivity index (χ0) is 13.5. The van der Waals surface area contributed by atoms with E-state index in [2.05, 4.69) is 6.58 Å². The van der Waals surface area contributed by atoms with Crippen LogP contribution < -0.4 is 5.73 Å². The van der Waals surface area contributed by atoms with Crippen LogP contribution in [0.25, 0.3) is 0 Å². The van der Waals surface area contributed by atoms with Gasteiger partial charge in [0.1, 0.15) is 0 Å². The first-order valence-corrected chi connectivity index (χ1v) is 5.46. The van der Waals surface area contributed by atoms with Gasteiger partial charge in [0.05, 0.1) is 6.54 Å². The molecule has 1 aromatic carbocycles. The van der Waals surface area contributed by atoms with Gasteiger partial charge in [0, 0.05) is 18.7 Å². The first-order valence-electron chi connectivity index (χ1n) is 5.46. The molecule has 0 aliphatic rings. The molecule has 0 aliphatic heterocycles. The third-order valence-electron chi connectivity index (χ3n) is 2.39. The summed E-state index contributed by atoms with van der Waals surface area (Å²) in [6.07, 6.45) is 1.65. The minimum Gasteiger partial charge on any atom is -0.480 e. The van der Waals surface area contributed by atoms with Crippen molar-refractivity contribution in [3.8, 4) is 0 Å². The SMILES string of the molecule is C=CCN(CC(=O)O)Cc1ccc(C(N)=O)cc1. The zero-order valence-corrected chi connectivity index (χ0v) is 10.0. The van der Waals surface area contributed by atoms with Crippen molar-refractivity contribution in [1.29, 1.82) is 0 Å². The summed E-state index contributed by atoms with van der Waals surface area (Å²) < 4.78 is 0. The summed E-state index contributed by atoms with van der Waals surface area (Å²) in [5.74, 6) is -1.36. The summed E-state index contributed by atoms with van der Waals surface area (Å²) in [6.45, 7) is 4.51. The highest BCUT2D eigenvalue weighted by Crippen LogP contribution is 2.07. The molecule has 1 rings (SSSR count). The number of carbonyl (C=O) groups is 2. The molecule has 0 aliphatic carbocycles.